The number of nitrogens with zero attached hydrogens (tertiary/aromatic N) is 2. The molecule has 3 heterocycles. The molecule has 0 aliphatic carbocycles. The number of hydrogen-bond acceptors (Lipinski definition) is 4. The van der Waals surface area contributed by atoms with Crippen molar-refractivity contribution < 1.29 is 14.7 Å². The van der Waals surface area contributed by atoms with Crippen LogP contribution >= 0.6 is 0 Å². The number of carboxylic acids is 1. The molecule has 0 bridgehead atoms. The molecule has 142 valence electrons. The number of aromatic amines is 1. The van der Waals surface area contributed by atoms with Gasteiger partial charge in [0.1, 0.15) is 0 Å². The number of carbonyl (C=O) groups is 2. The van der Waals surface area contributed by atoms with Gasteiger partial charge in [0.25, 0.3) is 5.91 Å². The number of nitrogens with one attached hydrogen (secondary N) is 1. The first-order chi connectivity index (χ1) is 12.5. The van der Waals surface area contributed by atoms with Crippen LogP contribution < -0.4 is 5.56 Å². The number of piperidine rings is 2. The fraction of sp³-hybridized carbons (Fsp3) is 0.632. The predicted octanol–water partition coefficient (Wildman–Crippen LogP) is 1.34. The average molecular weight is 361 g/mol. The second-order valence-corrected chi connectivity index (χ2v) is 7.31. The molecule has 1 aromatic heterocycles. The zero-order valence-corrected chi connectivity index (χ0v) is 15.2. The molecule has 1 aromatic rings. The second-order valence-electron chi connectivity index (χ2n) is 7.31. The van der Waals surface area contributed by atoms with Crippen LogP contribution in [0.25, 0.3) is 0 Å². The first kappa shape index (κ1) is 18.6. The third kappa shape index (κ3) is 4.15. The number of H-pyrrole nitrogens is 1. The summed E-state index contributed by atoms with van der Waals surface area (Å²) in [6.07, 6.45) is 4.05. The average Bonchev–Trinajstić information content (AvgIpc) is 2.67. The molecule has 26 heavy (non-hydrogen) atoms. The number of likely N-dealkylation sites (tertiary alicyclic amines) is 2. The minimum absolute atomic E-state index is 0.0914. The van der Waals surface area contributed by atoms with E-state index < -0.39 is 5.97 Å². The number of carboxylic acid groups (broad SMARTS) is 1. The zero-order valence-electron chi connectivity index (χ0n) is 15.2. The Bertz CT molecular complexity index is 722. The van der Waals surface area contributed by atoms with Crippen LogP contribution in [0.2, 0.25) is 0 Å². The van der Waals surface area contributed by atoms with Gasteiger partial charge < -0.3 is 15.0 Å². The number of aliphatic carboxylic acids is 1. The molecule has 1 amide bonds. The molecule has 2 aliphatic rings. The van der Waals surface area contributed by atoms with Crippen molar-refractivity contribution in [2.75, 3.05) is 26.2 Å². The van der Waals surface area contributed by atoms with E-state index in [-0.39, 0.29) is 17.4 Å². The van der Waals surface area contributed by atoms with E-state index in [2.05, 4.69) is 9.88 Å². The molecule has 0 radical (unpaired) electrons. The van der Waals surface area contributed by atoms with E-state index in [1.54, 1.807) is 6.07 Å². The van der Waals surface area contributed by atoms with Crippen LogP contribution in [-0.2, 0) is 11.2 Å². The van der Waals surface area contributed by atoms with Crippen LogP contribution in [-0.4, -0.2) is 64.0 Å². The highest BCUT2D eigenvalue weighted by molar-refractivity contribution is 5.94. The van der Waals surface area contributed by atoms with E-state index in [1.165, 1.54) is 6.07 Å². The summed E-state index contributed by atoms with van der Waals surface area (Å²) in [4.78, 5) is 42.5. The van der Waals surface area contributed by atoms with Crippen LogP contribution in [0.3, 0.4) is 0 Å². The maximum Gasteiger partial charge on any atom is 0.307 e. The molecule has 0 aromatic carbocycles. The van der Waals surface area contributed by atoms with E-state index in [0.717, 1.165) is 37.9 Å². The SMILES string of the molecule is CCc1cc(C(=O)N2CCC(N3CCC[C@@H](C(=O)O)C3)CC2)cc(=O)[nH]1. The van der Waals surface area contributed by atoms with Crippen LogP contribution in [0.5, 0.6) is 0 Å². The van der Waals surface area contributed by atoms with Gasteiger partial charge in [0.15, 0.2) is 0 Å². The summed E-state index contributed by atoms with van der Waals surface area (Å²) < 4.78 is 0. The molecule has 2 saturated heterocycles. The summed E-state index contributed by atoms with van der Waals surface area (Å²) in [6, 6.07) is 3.47. The van der Waals surface area contributed by atoms with Crippen LogP contribution in [0, 0.1) is 5.92 Å². The third-order valence-electron chi connectivity index (χ3n) is 5.60. The highest BCUT2D eigenvalue weighted by Crippen LogP contribution is 2.24. The first-order valence-corrected chi connectivity index (χ1v) is 9.47. The molecule has 0 spiro atoms. The molecule has 2 fully saturated rings. The van der Waals surface area contributed by atoms with Gasteiger partial charge in [0.05, 0.1) is 5.92 Å². The van der Waals surface area contributed by atoms with E-state index >= 15 is 0 Å². The Morgan fingerprint density at radius 1 is 1.19 bits per heavy atom. The van der Waals surface area contributed by atoms with Gasteiger partial charge in [-0.2, -0.15) is 0 Å². The Hall–Kier alpha value is -2.15. The van der Waals surface area contributed by atoms with E-state index in [9.17, 15) is 19.5 Å². The van der Waals surface area contributed by atoms with Crippen molar-refractivity contribution in [2.24, 2.45) is 5.92 Å². The van der Waals surface area contributed by atoms with Crippen molar-refractivity contribution in [2.45, 2.75) is 45.1 Å². The van der Waals surface area contributed by atoms with Crippen molar-refractivity contribution in [1.82, 2.24) is 14.8 Å². The Labute approximate surface area is 153 Å². The van der Waals surface area contributed by atoms with Gasteiger partial charge in [-0.3, -0.25) is 19.3 Å². The lowest BCUT2D eigenvalue weighted by atomic mass is 9.94. The highest BCUT2D eigenvalue weighted by Gasteiger charge is 2.32. The molecule has 1 atom stereocenters. The number of aromatic nitrogens is 1. The second kappa shape index (κ2) is 8.03. The van der Waals surface area contributed by atoms with E-state index in [4.69, 9.17) is 0 Å². The van der Waals surface area contributed by atoms with Gasteiger partial charge in [-0.05, 0) is 44.7 Å². The van der Waals surface area contributed by atoms with Gasteiger partial charge >= 0.3 is 5.97 Å². The van der Waals surface area contributed by atoms with Crippen molar-refractivity contribution in [3.8, 4) is 0 Å². The number of aryl methyl sites for hydroxylation is 1. The number of hydrogen-bond donors (Lipinski definition) is 2. The number of rotatable bonds is 4. The largest absolute Gasteiger partial charge is 0.481 e. The van der Waals surface area contributed by atoms with Gasteiger partial charge in [-0.25, -0.2) is 0 Å². The highest BCUT2D eigenvalue weighted by atomic mass is 16.4. The molecule has 7 nitrogen and oxygen atoms in total. The summed E-state index contributed by atoms with van der Waals surface area (Å²) in [7, 11) is 0. The van der Waals surface area contributed by atoms with Crippen LogP contribution in [0.15, 0.2) is 16.9 Å². The summed E-state index contributed by atoms with van der Waals surface area (Å²) in [5.41, 5.74) is 0.979. The van der Waals surface area contributed by atoms with Gasteiger partial charge in [0.2, 0.25) is 5.56 Å². The minimum atomic E-state index is -0.705. The maximum absolute atomic E-state index is 12.7. The lowest BCUT2D eigenvalue weighted by Crippen LogP contribution is -2.50. The van der Waals surface area contributed by atoms with Crippen molar-refractivity contribution in [3.63, 3.8) is 0 Å². The Balaban J connectivity index is 1.60. The Morgan fingerprint density at radius 2 is 1.92 bits per heavy atom. The number of amides is 1. The standard InChI is InChI=1S/C19H27N3O4/c1-2-15-10-14(11-17(23)20-15)18(24)21-8-5-16(6-9-21)22-7-3-4-13(12-22)19(25)26/h10-11,13,16H,2-9,12H2,1H3,(H,20,23)(H,25,26)/t13-/m1/s1. The fourth-order valence-corrected chi connectivity index (χ4v) is 4.07. The van der Waals surface area contributed by atoms with Crippen LogP contribution in [0.1, 0.15) is 48.7 Å². The summed E-state index contributed by atoms with van der Waals surface area (Å²) >= 11 is 0. The van der Waals surface area contributed by atoms with E-state index in [1.807, 2.05) is 11.8 Å². The van der Waals surface area contributed by atoms with Crippen molar-refractivity contribution in [3.05, 3.63) is 33.7 Å². The molecular formula is C19H27N3O4. The summed E-state index contributed by atoms with van der Waals surface area (Å²) in [6.45, 7) is 4.78. The lowest BCUT2D eigenvalue weighted by molar-refractivity contribution is -0.144. The molecular weight excluding hydrogens is 334 g/mol. The minimum Gasteiger partial charge on any atom is -0.481 e. The predicted molar refractivity (Wildman–Crippen MR) is 97.3 cm³/mol. The maximum atomic E-state index is 12.7. The normalized spacial score (nSPS) is 22.3. The Morgan fingerprint density at radius 3 is 2.58 bits per heavy atom. The topological polar surface area (TPSA) is 93.7 Å². The van der Waals surface area contributed by atoms with E-state index in [0.29, 0.717) is 37.7 Å². The zero-order chi connectivity index (χ0) is 18.7. The third-order valence-corrected chi connectivity index (χ3v) is 5.60. The fourth-order valence-electron chi connectivity index (χ4n) is 4.07. The lowest BCUT2D eigenvalue weighted by Gasteiger charge is -2.41. The van der Waals surface area contributed by atoms with Crippen molar-refractivity contribution in [1.29, 1.82) is 0 Å². The molecule has 2 N–H and O–H groups in total. The number of carbonyl (C=O) groups excluding carboxylic acids is 1. The molecule has 7 heteroatoms. The van der Waals surface area contributed by atoms with Gasteiger partial charge in [0, 0.05) is 43.0 Å². The Kier molecular flexibility index (Phi) is 5.76. The quantitative estimate of drug-likeness (QED) is 0.844. The van der Waals surface area contributed by atoms with Crippen molar-refractivity contribution >= 4 is 11.9 Å². The van der Waals surface area contributed by atoms with Gasteiger partial charge in [-0.15, -0.1) is 0 Å². The summed E-state index contributed by atoms with van der Waals surface area (Å²) in [5, 5.41) is 9.25. The smallest absolute Gasteiger partial charge is 0.307 e. The monoisotopic (exact) mass is 361 g/mol. The molecule has 3 rings (SSSR count). The first-order valence-electron chi connectivity index (χ1n) is 9.47. The van der Waals surface area contributed by atoms with Gasteiger partial charge in [-0.1, -0.05) is 6.92 Å². The molecule has 0 saturated carbocycles. The van der Waals surface area contributed by atoms with Crippen LogP contribution in [0.4, 0.5) is 0 Å². The molecule has 0 unspecified atom stereocenters. The summed E-state index contributed by atoms with van der Waals surface area (Å²) in [5.74, 6) is -1.07. The molecule has 2 aliphatic heterocycles. The number of pyridine rings is 1.